The lowest BCUT2D eigenvalue weighted by Crippen LogP contribution is -2.38. The lowest BCUT2D eigenvalue weighted by atomic mass is 10.0. The van der Waals surface area contributed by atoms with Gasteiger partial charge in [0, 0.05) is 44.5 Å². The zero-order valence-electron chi connectivity index (χ0n) is 17.3. The van der Waals surface area contributed by atoms with E-state index < -0.39 is 0 Å². The predicted octanol–water partition coefficient (Wildman–Crippen LogP) is 2.12. The van der Waals surface area contributed by atoms with Crippen LogP contribution in [0.2, 0.25) is 0 Å². The van der Waals surface area contributed by atoms with Crippen LogP contribution in [0.1, 0.15) is 54.1 Å². The molecule has 0 unspecified atom stereocenters. The van der Waals surface area contributed by atoms with Crippen LogP contribution in [0, 0.1) is 12.8 Å². The van der Waals surface area contributed by atoms with Gasteiger partial charge in [-0.15, -0.1) is 0 Å². The van der Waals surface area contributed by atoms with E-state index >= 15 is 0 Å². The van der Waals surface area contributed by atoms with Crippen molar-refractivity contribution in [1.82, 2.24) is 24.6 Å². The van der Waals surface area contributed by atoms with Crippen LogP contribution in [0.3, 0.4) is 0 Å². The molecule has 0 aromatic carbocycles. The fraction of sp³-hybridized carbons (Fsp3) is 0.550. The molecule has 0 radical (unpaired) electrons. The molecule has 0 spiro atoms. The first kappa shape index (κ1) is 20.0. The quantitative estimate of drug-likeness (QED) is 0.762. The number of carbonyl (C=O) groups is 2. The van der Waals surface area contributed by atoms with Gasteiger partial charge in [-0.1, -0.05) is 13.8 Å². The highest BCUT2D eigenvalue weighted by Crippen LogP contribution is 2.28. The summed E-state index contributed by atoms with van der Waals surface area (Å²) in [5.74, 6) is 1.72. The summed E-state index contributed by atoms with van der Waals surface area (Å²) < 4.78 is 1.60. The Morgan fingerprint density at radius 1 is 1.29 bits per heavy atom. The summed E-state index contributed by atoms with van der Waals surface area (Å²) >= 11 is 0. The molecule has 150 valence electrons. The van der Waals surface area contributed by atoms with Gasteiger partial charge in [-0.2, -0.15) is 5.10 Å². The third-order valence-corrected chi connectivity index (χ3v) is 4.99. The third kappa shape index (κ3) is 4.21. The van der Waals surface area contributed by atoms with E-state index in [0.717, 1.165) is 17.7 Å². The monoisotopic (exact) mass is 384 g/mol. The molecule has 1 aliphatic rings. The fourth-order valence-electron chi connectivity index (χ4n) is 3.36. The number of carbonyl (C=O) groups excluding carboxylic acids is 2. The fourth-order valence-corrected chi connectivity index (χ4v) is 3.36. The topological polar surface area (TPSA) is 84.2 Å². The molecule has 3 rings (SSSR count). The molecular formula is C20H28N6O2. The molecule has 0 bridgehead atoms. The van der Waals surface area contributed by atoms with Crippen LogP contribution in [0.25, 0.3) is 0 Å². The molecule has 8 heteroatoms. The molecular weight excluding hydrogens is 356 g/mol. The third-order valence-electron chi connectivity index (χ3n) is 4.99. The number of anilines is 1. The highest BCUT2D eigenvalue weighted by Gasteiger charge is 2.28. The molecule has 2 aromatic rings. The first-order chi connectivity index (χ1) is 13.3. The summed E-state index contributed by atoms with van der Waals surface area (Å²) in [5, 5.41) is 4.05. The second-order valence-corrected chi connectivity index (χ2v) is 7.82. The van der Waals surface area contributed by atoms with Crippen LogP contribution in [0.5, 0.6) is 0 Å². The lowest BCUT2D eigenvalue weighted by molar-refractivity contribution is -0.119. The van der Waals surface area contributed by atoms with Crippen molar-refractivity contribution in [2.75, 3.05) is 18.5 Å². The van der Waals surface area contributed by atoms with Crippen LogP contribution in [-0.4, -0.2) is 50.1 Å². The molecule has 8 nitrogen and oxygen atoms in total. The maximum Gasteiger partial charge on any atom is 0.257 e. The minimum absolute atomic E-state index is 0.108. The van der Waals surface area contributed by atoms with Gasteiger partial charge < -0.3 is 4.90 Å². The number of hydrogen-bond donors (Lipinski definition) is 0. The van der Waals surface area contributed by atoms with Crippen LogP contribution in [0.15, 0.2) is 12.4 Å². The number of rotatable bonds is 6. The van der Waals surface area contributed by atoms with E-state index in [-0.39, 0.29) is 18.4 Å². The number of hydrogen-bond acceptors (Lipinski definition) is 5. The second-order valence-electron chi connectivity index (χ2n) is 7.82. The Kier molecular flexibility index (Phi) is 5.76. The van der Waals surface area contributed by atoms with Gasteiger partial charge in [-0.25, -0.2) is 9.97 Å². The van der Waals surface area contributed by atoms with E-state index in [1.54, 1.807) is 41.0 Å². The number of fused-ring (bicyclic) bond motifs is 1. The molecule has 0 N–H and O–H groups in total. The Balaban J connectivity index is 1.84. The smallest absolute Gasteiger partial charge is 0.257 e. The minimum atomic E-state index is -0.139. The van der Waals surface area contributed by atoms with E-state index in [1.807, 2.05) is 6.92 Å². The van der Waals surface area contributed by atoms with Gasteiger partial charge in [-0.3, -0.25) is 19.2 Å². The predicted molar refractivity (Wildman–Crippen MR) is 106 cm³/mol. The standard InChI is InChI=1S/C20H28N6O2/c1-13(2)8-9-26-18(27)7-6-16-14(3)22-17(23-19(16)26)12-24(4)20(28)15-10-21-25(5)11-15/h10-11,13H,6-9,12H2,1-5H3. The zero-order valence-corrected chi connectivity index (χ0v) is 17.3. The van der Waals surface area contributed by atoms with E-state index in [0.29, 0.717) is 42.5 Å². The van der Waals surface area contributed by atoms with Crippen molar-refractivity contribution >= 4 is 17.6 Å². The molecule has 2 aromatic heterocycles. The van der Waals surface area contributed by atoms with E-state index in [4.69, 9.17) is 0 Å². The summed E-state index contributed by atoms with van der Waals surface area (Å²) in [6, 6.07) is 0. The van der Waals surface area contributed by atoms with Crippen molar-refractivity contribution in [3.63, 3.8) is 0 Å². The molecule has 1 aliphatic heterocycles. The summed E-state index contributed by atoms with van der Waals surface area (Å²) in [7, 11) is 3.49. The molecule has 0 aliphatic carbocycles. The number of amides is 2. The summed E-state index contributed by atoms with van der Waals surface area (Å²) in [6.45, 7) is 7.16. The normalized spacial score (nSPS) is 13.8. The number of aromatic nitrogens is 4. The van der Waals surface area contributed by atoms with Crippen LogP contribution < -0.4 is 4.90 Å². The summed E-state index contributed by atoms with van der Waals surface area (Å²) in [6.07, 6.45) is 5.31. The molecule has 3 heterocycles. The van der Waals surface area contributed by atoms with E-state index in [2.05, 4.69) is 28.9 Å². The average Bonchev–Trinajstić information content (AvgIpc) is 3.06. The summed E-state index contributed by atoms with van der Waals surface area (Å²) in [4.78, 5) is 37.7. The average molecular weight is 384 g/mol. The Hall–Kier alpha value is -2.77. The van der Waals surface area contributed by atoms with Crippen molar-refractivity contribution < 1.29 is 9.59 Å². The van der Waals surface area contributed by atoms with Crippen molar-refractivity contribution in [2.24, 2.45) is 13.0 Å². The van der Waals surface area contributed by atoms with Crippen LogP contribution >= 0.6 is 0 Å². The van der Waals surface area contributed by atoms with Crippen molar-refractivity contribution in [3.8, 4) is 0 Å². The van der Waals surface area contributed by atoms with Gasteiger partial charge in [0.2, 0.25) is 5.91 Å². The molecule has 0 fully saturated rings. The Labute approximate surface area is 165 Å². The van der Waals surface area contributed by atoms with Crippen molar-refractivity contribution in [1.29, 1.82) is 0 Å². The zero-order chi connectivity index (χ0) is 20.4. The SMILES string of the molecule is Cc1nc(CN(C)C(=O)c2cnn(C)c2)nc2c1CCC(=O)N2CCC(C)C. The minimum Gasteiger partial charge on any atom is -0.334 e. The molecule has 2 amide bonds. The Morgan fingerprint density at radius 3 is 2.68 bits per heavy atom. The van der Waals surface area contributed by atoms with Gasteiger partial charge in [-0.05, 0) is 25.7 Å². The second kappa shape index (κ2) is 8.08. The maximum absolute atomic E-state index is 12.6. The van der Waals surface area contributed by atoms with E-state index in [9.17, 15) is 9.59 Å². The number of aryl methyl sites for hydroxylation is 2. The van der Waals surface area contributed by atoms with Gasteiger partial charge in [0.05, 0.1) is 18.3 Å². The molecule has 0 atom stereocenters. The Bertz CT molecular complexity index is 889. The van der Waals surface area contributed by atoms with Crippen LogP contribution in [0.4, 0.5) is 5.82 Å². The summed E-state index contributed by atoms with van der Waals surface area (Å²) in [5.41, 5.74) is 2.44. The van der Waals surface area contributed by atoms with Crippen molar-refractivity contribution in [3.05, 3.63) is 35.0 Å². The van der Waals surface area contributed by atoms with Crippen molar-refractivity contribution in [2.45, 2.75) is 46.6 Å². The van der Waals surface area contributed by atoms with Gasteiger partial charge in [0.25, 0.3) is 5.91 Å². The van der Waals surface area contributed by atoms with Crippen LogP contribution in [-0.2, 0) is 24.8 Å². The van der Waals surface area contributed by atoms with E-state index in [1.165, 1.54) is 0 Å². The van der Waals surface area contributed by atoms with Gasteiger partial charge in [0.15, 0.2) is 0 Å². The number of nitrogens with zero attached hydrogens (tertiary/aromatic N) is 6. The maximum atomic E-state index is 12.6. The van der Waals surface area contributed by atoms with Gasteiger partial charge in [0.1, 0.15) is 11.6 Å². The highest BCUT2D eigenvalue weighted by atomic mass is 16.2. The highest BCUT2D eigenvalue weighted by molar-refractivity contribution is 5.95. The first-order valence-electron chi connectivity index (χ1n) is 9.67. The largest absolute Gasteiger partial charge is 0.334 e. The molecule has 28 heavy (non-hydrogen) atoms. The lowest BCUT2D eigenvalue weighted by Gasteiger charge is -2.30. The Morgan fingerprint density at radius 2 is 2.04 bits per heavy atom. The first-order valence-corrected chi connectivity index (χ1v) is 9.67. The van der Waals surface area contributed by atoms with Gasteiger partial charge >= 0.3 is 0 Å². The molecule has 0 saturated carbocycles. The molecule has 0 saturated heterocycles.